The standard InChI is InChI=1S/C11H13NO3/c1-7(13)9-4-2-8(6-10(9)12)3-5-11(14)15/h2,4,6H,3,5,12H2,1H3,(H,14,15). The SMILES string of the molecule is CC(=O)c1ccc(CCC(=O)O)cc1N. The summed E-state index contributed by atoms with van der Waals surface area (Å²) >= 11 is 0. The molecule has 4 heteroatoms. The van der Waals surface area contributed by atoms with Crippen LogP contribution in [-0.4, -0.2) is 16.9 Å². The van der Waals surface area contributed by atoms with Crippen molar-refractivity contribution >= 4 is 17.4 Å². The van der Waals surface area contributed by atoms with E-state index in [9.17, 15) is 9.59 Å². The summed E-state index contributed by atoms with van der Waals surface area (Å²) in [6, 6.07) is 5.02. The van der Waals surface area contributed by atoms with Crippen LogP contribution in [-0.2, 0) is 11.2 Å². The van der Waals surface area contributed by atoms with E-state index in [2.05, 4.69) is 0 Å². The van der Waals surface area contributed by atoms with Crippen LogP contribution < -0.4 is 5.73 Å². The molecule has 0 bridgehead atoms. The highest BCUT2D eigenvalue weighted by atomic mass is 16.4. The van der Waals surface area contributed by atoms with Gasteiger partial charge in [0.1, 0.15) is 0 Å². The van der Waals surface area contributed by atoms with Crippen molar-refractivity contribution in [1.82, 2.24) is 0 Å². The van der Waals surface area contributed by atoms with Gasteiger partial charge in [0.05, 0.1) is 0 Å². The van der Waals surface area contributed by atoms with Crippen LogP contribution in [0.1, 0.15) is 29.3 Å². The van der Waals surface area contributed by atoms with Crippen molar-refractivity contribution in [1.29, 1.82) is 0 Å². The van der Waals surface area contributed by atoms with E-state index in [4.69, 9.17) is 10.8 Å². The van der Waals surface area contributed by atoms with Gasteiger partial charge in [-0.3, -0.25) is 9.59 Å². The molecule has 0 aliphatic rings. The van der Waals surface area contributed by atoms with Crippen LogP contribution >= 0.6 is 0 Å². The van der Waals surface area contributed by atoms with Crippen LogP contribution in [0, 0.1) is 0 Å². The Morgan fingerprint density at radius 1 is 1.40 bits per heavy atom. The third kappa shape index (κ3) is 3.09. The van der Waals surface area contributed by atoms with E-state index in [-0.39, 0.29) is 12.2 Å². The van der Waals surface area contributed by atoms with E-state index in [0.29, 0.717) is 17.7 Å². The minimum Gasteiger partial charge on any atom is -0.481 e. The van der Waals surface area contributed by atoms with Gasteiger partial charge in [0, 0.05) is 17.7 Å². The number of benzene rings is 1. The molecule has 1 rings (SSSR count). The second kappa shape index (κ2) is 4.59. The van der Waals surface area contributed by atoms with Crippen LogP contribution in [0.3, 0.4) is 0 Å². The number of anilines is 1. The van der Waals surface area contributed by atoms with E-state index in [0.717, 1.165) is 5.56 Å². The normalized spacial score (nSPS) is 9.93. The van der Waals surface area contributed by atoms with Crippen LogP contribution in [0.5, 0.6) is 0 Å². The number of carbonyl (C=O) groups excluding carboxylic acids is 1. The van der Waals surface area contributed by atoms with Crippen molar-refractivity contribution in [3.63, 3.8) is 0 Å². The topological polar surface area (TPSA) is 80.4 Å². The number of carboxylic acid groups (broad SMARTS) is 1. The number of carboxylic acids is 1. The minimum absolute atomic E-state index is 0.0683. The molecule has 4 nitrogen and oxygen atoms in total. The summed E-state index contributed by atoms with van der Waals surface area (Å²) in [7, 11) is 0. The van der Waals surface area contributed by atoms with Gasteiger partial charge in [0.2, 0.25) is 0 Å². The molecule has 0 aromatic heterocycles. The van der Waals surface area contributed by atoms with Gasteiger partial charge < -0.3 is 10.8 Å². The van der Waals surface area contributed by atoms with E-state index >= 15 is 0 Å². The lowest BCUT2D eigenvalue weighted by Crippen LogP contribution is -2.02. The Bertz CT molecular complexity index is 399. The molecule has 0 radical (unpaired) electrons. The third-order valence-corrected chi connectivity index (χ3v) is 2.12. The smallest absolute Gasteiger partial charge is 0.303 e. The van der Waals surface area contributed by atoms with Gasteiger partial charge in [-0.25, -0.2) is 0 Å². The van der Waals surface area contributed by atoms with E-state index < -0.39 is 5.97 Å². The molecule has 15 heavy (non-hydrogen) atoms. The van der Waals surface area contributed by atoms with Crippen LogP contribution in [0.15, 0.2) is 18.2 Å². The molecule has 0 aliphatic carbocycles. The lowest BCUT2D eigenvalue weighted by atomic mass is 10.0. The number of ketones is 1. The van der Waals surface area contributed by atoms with Gasteiger partial charge in [-0.05, 0) is 31.0 Å². The fraction of sp³-hybridized carbons (Fsp3) is 0.273. The van der Waals surface area contributed by atoms with Crippen molar-refractivity contribution < 1.29 is 14.7 Å². The molecule has 0 saturated heterocycles. The molecular weight excluding hydrogens is 194 g/mol. The third-order valence-electron chi connectivity index (χ3n) is 2.12. The summed E-state index contributed by atoms with van der Waals surface area (Å²) in [5.74, 6) is -0.929. The molecule has 0 heterocycles. The molecule has 0 fully saturated rings. The highest BCUT2D eigenvalue weighted by molar-refractivity contribution is 5.99. The highest BCUT2D eigenvalue weighted by Crippen LogP contribution is 2.15. The fourth-order valence-electron chi connectivity index (χ4n) is 1.34. The molecular formula is C11H13NO3. The zero-order valence-electron chi connectivity index (χ0n) is 8.49. The van der Waals surface area contributed by atoms with Crippen molar-refractivity contribution in [3.8, 4) is 0 Å². The number of nitrogen functional groups attached to an aromatic ring is 1. The average Bonchev–Trinajstić information content (AvgIpc) is 2.14. The van der Waals surface area contributed by atoms with E-state index in [1.54, 1.807) is 18.2 Å². The van der Waals surface area contributed by atoms with Crippen LogP contribution in [0.4, 0.5) is 5.69 Å². The maximum atomic E-state index is 11.1. The molecule has 0 amide bonds. The van der Waals surface area contributed by atoms with Crippen molar-refractivity contribution in [2.45, 2.75) is 19.8 Å². The Kier molecular flexibility index (Phi) is 3.44. The second-order valence-corrected chi connectivity index (χ2v) is 3.37. The van der Waals surface area contributed by atoms with Crippen LogP contribution in [0.25, 0.3) is 0 Å². The van der Waals surface area contributed by atoms with Gasteiger partial charge in [0.15, 0.2) is 5.78 Å². The number of rotatable bonds is 4. The zero-order chi connectivity index (χ0) is 11.4. The molecule has 0 unspecified atom stereocenters. The quantitative estimate of drug-likeness (QED) is 0.579. The van der Waals surface area contributed by atoms with Crippen molar-refractivity contribution in [2.24, 2.45) is 0 Å². The first-order chi connectivity index (χ1) is 7.00. The fourth-order valence-corrected chi connectivity index (χ4v) is 1.34. The summed E-state index contributed by atoms with van der Waals surface area (Å²) in [4.78, 5) is 21.4. The summed E-state index contributed by atoms with van der Waals surface area (Å²) in [5, 5.41) is 8.50. The lowest BCUT2D eigenvalue weighted by molar-refractivity contribution is -0.136. The van der Waals surface area contributed by atoms with Gasteiger partial charge in [-0.2, -0.15) is 0 Å². The number of Topliss-reactive ketones (excluding diaryl/α,β-unsaturated/α-hetero) is 1. The predicted molar refractivity (Wildman–Crippen MR) is 56.8 cm³/mol. The Hall–Kier alpha value is -1.84. The predicted octanol–water partition coefficient (Wildman–Crippen LogP) is 1.49. The number of hydrogen-bond acceptors (Lipinski definition) is 3. The molecule has 80 valence electrons. The summed E-state index contributed by atoms with van der Waals surface area (Å²) < 4.78 is 0. The number of hydrogen-bond donors (Lipinski definition) is 2. The van der Waals surface area contributed by atoms with E-state index in [1.165, 1.54) is 6.92 Å². The first-order valence-corrected chi connectivity index (χ1v) is 4.62. The molecule has 0 aliphatic heterocycles. The van der Waals surface area contributed by atoms with Gasteiger partial charge in [0.25, 0.3) is 0 Å². The lowest BCUT2D eigenvalue weighted by Gasteiger charge is -2.04. The maximum absolute atomic E-state index is 11.1. The summed E-state index contributed by atoms with van der Waals surface area (Å²) in [5.41, 5.74) is 7.38. The number of nitrogens with two attached hydrogens (primary N) is 1. The number of carbonyl (C=O) groups is 2. The van der Waals surface area contributed by atoms with Gasteiger partial charge in [-0.1, -0.05) is 6.07 Å². The Morgan fingerprint density at radius 3 is 2.53 bits per heavy atom. The van der Waals surface area contributed by atoms with E-state index in [1.807, 2.05) is 0 Å². The monoisotopic (exact) mass is 207 g/mol. The maximum Gasteiger partial charge on any atom is 0.303 e. The molecule has 1 aromatic carbocycles. The average molecular weight is 207 g/mol. The van der Waals surface area contributed by atoms with Crippen molar-refractivity contribution in [3.05, 3.63) is 29.3 Å². The number of aryl methyl sites for hydroxylation is 1. The Morgan fingerprint density at radius 2 is 2.07 bits per heavy atom. The first kappa shape index (κ1) is 11.2. The molecule has 1 aromatic rings. The minimum atomic E-state index is -0.843. The summed E-state index contributed by atoms with van der Waals surface area (Å²) in [6.45, 7) is 1.45. The Labute approximate surface area is 87.7 Å². The number of aliphatic carboxylic acids is 1. The first-order valence-electron chi connectivity index (χ1n) is 4.62. The Balaban J connectivity index is 2.82. The molecule has 3 N–H and O–H groups in total. The van der Waals surface area contributed by atoms with Gasteiger partial charge >= 0.3 is 5.97 Å². The zero-order valence-corrected chi connectivity index (χ0v) is 8.49. The molecule has 0 saturated carbocycles. The molecule has 0 atom stereocenters. The van der Waals surface area contributed by atoms with Gasteiger partial charge in [-0.15, -0.1) is 0 Å². The highest BCUT2D eigenvalue weighted by Gasteiger charge is 2.06. The van der Waals surface area contributed by atoms with Crippen molar-refractivity contribution in [2.75, 3.05) is 5.73 Å². The largest absolute Gasteiger partial charge is 0.481 e. The second-order valence-electron chi connectivity index (χ2n) is 3.37. The van der Waals surface area contributed by atoms with Crippen LogP contribution in [0.2, 0.25) is 0 Å². The summed E-state index contributed by atoms with van der Waals surface area (Å²) in [6.07, 6.45) is 0.497. The molecule has 0 spiro atoms.